The summed E-state index contributed by atoms with van der Waals surface area (Å²) in [5.74, 6) is -0.0509. The molecule has 0 bridgehead atoms. The number of hydrogen-bond donors (Lipinski definition) is 0. The van der Waals surface area contributed by atoms with Gasteiger partial charge < -0.3 is 4.90 Å². The van der Waals surface area contributed by atoms with Gasteiger partial charge in [0.25, 0.3) is 5.91 Å². The van der Waals surface area contributed by atoms with Gasteiger partial charge in [-0.15, -0.1) is 0 Å². The van der Waals surface area contributed by atoms with Crippen molar-refractivity contribution in [3.8, 4) is 11.1 Å². The van der Waals surface area contributed by atoms with E-state index in [1.807, 2.05) is 12.1 Å². The number of carbonyl (C=O) groups is 1. The molecule has 4 heteroatoms. The first-order valence-electron chi connectivity index (χ1n) is 5.77. The molecule has 0 saturated heterocycles. The van der Waals surface area contributed by atoms with Gasteiger partial charge in [0.05, 0.1) is 0 Å². The molecule has 0 spiro atoms. The third kappa shape index (κ3) is 2.91. The van der Waals surface area contributed by atoms with Crippen molar-refractivity contribution in [2.24, 2.45) is 0 Å². The zero-order chi connectivity index (χ0) is 14.0. The number of amides is 1. The topological polar surface area (TPSA) is 20.3 Å². The molecule has 0 aliphatic rings. The van der Waals surface area contributed by atoms with Crippen molar-refractivity contribution in [2.75, 3.05) is 14.1 Å². The minimum atomic E-state index is -0.0509. The van der Waals surface area contributed by atoms with Crippen molar-refractivity contribution in [1.82, 2.24) is 4.90 Å². The summed E-state index contributed by atoms with van der Waals surface area (Å²) in [6.45, 7) is 0. The Bertz CT molecular complexity index is 603. The molecule has 19 heavy (non-hydrogen) atoms. The number of carbonyl (C=O) groups excluding carboxylic acids is 1. The van der Waals surface area contributed by atoms with Crippen molar-refractivity contribution < 1.29 is 4.79 Å². The average Bonchev–Trinajstić information content (AvgIpc) is 2.38. The van der Waals surface area contributed by atoms with Crippen LogP contribution in [-0.2, 0) is 0 Å². The lowest BCUT2D eigenvalue weighted by atomic mass is 10.0. The van der Waals surface area contributed by atoms with Crippen LogP contribution in [0.3, 0.4) is 0 Å². The van der Waals surface area contributed by atoms with Gasteiger partial charge in [0, 0.05) is 35.3 Å². The Labute approximate surface area is 122 Å². The molecule has 0 aliphatic carbocycles. The zero-order valence-corrected chi connectivity index (χ0v) is 12.2. The van der Waals surface area contributed by atoms with E-state index in [9.17, 15) is 4.79 Å². The van der Waals surface area contributed by atoms with Gasteiger partial charge in [0.15, 0.2) is 0 Å². The summed E-state index contributed by atoms with van der Waals surface area (Å²) >= 11 is 12.4. The Balaban J connectivity index is 2.53. The van der Waals surface area contributed by atoms with E-state index >= 15 is 0 Å². The highest BCUT2D eigenvalue weighted by Gasteiger charge is 2.12. The first-order chi connectivity index (χ1) is 9.00. The lowest BCUT2D eigenvalue weighted by Crippen LogP contribution is -2.21. The van der Waals surface area contributed by atoms with Crippen molar-refractivity contribution in [3.05, 3.63) is 58.1 Å². The molecule has 2 rings (SSSR count). The number of benzene rings is 2. The third-order valence-electron chi connectivity index (χ3n) is 2.77. The maximum absolute atomic E-state index is 12.0. The third-order valence-corrected chi connectivity index (χ3v) is 3.40. The second-order valence-electron chi connectivity index (χ2n) is 4.38. The van der Waals surface area contributed by atoms with Crippen LogP contribution >= 0.6 is 23.2 Å². The number of rotatable bonds is 2. The molecule has 98 valence electrons. The van der Waals surface area contributed by atoms with Crippen molar-refractivity contribution >= 4 is 29.1 Å². The molecular formula is C15H13Cl2NO. The zero-order valence-electron chi connectivity index (χ0n) is 10.7. The average molecular weight is 294 g/mol. The van der Waals surface area contributed by atoms with E-state index in [-0.39, 0.29) is 5.91 Å². The molecule has 0 saturated carbocycles. The molecule has 0 aromatic heterocycles. The van der Waals surface area contributed by atoms with Crippen LogP contribution in [-0.4, -0.2) is 24.9 Å². The van der Waals surface area contributed by atoms with Crippen LogP contribution in [0.25, 0.3) is 11.1 Å². The molecule has 2 aromatic rings. The quantitative estimate of drug-likeness (QED) is 0.805. The summed E-state index contributed by atoms with van der Waals surface area (Å²) in [6.07, 6.45) is 0. The van der Waals surface area contributed by atoms with Crippen molar-refractivity contribution in [1.29, 1.82) is 0 Å². The van der Waals surface area contributed by atoms with E-state index in [2.05, 4.69) is 0 Å². The van der Waals surface area contributed by atoms with Gasteiger partial charge in [-0.1, -0.05) is 41.4 Å². The molecule has 0 heterocycles. The van der Waals surface area contributed by atoms with Crippen LogP contribution in [0.15, 0.2) is 42.5 Å². The maximum Gasteiger partial charge on any atom is 0.253 e. The van der Waals surface area contributed by atoms with Crippen molar-refractivity contribution in [3.63, 3.8) is 0 Å². The minimum Gasteiger partial charge on any atom is -0.345 e. The molecule has 0 fully saturated rings. The summed E-state index contributed by atoms with van der Waals surface area (Å²) in [5.41, 5.74) is 2.20. The van der Waals surface area contributed by atoms with Crippen LogP contribution < -0.4 is 0 Å². The molecule has 0 aliphatic heterocycles. The lowest BCUT2D eigenvalue weighted by molar-refractivity contribution is 0.0827. The fourth-order valence-electron chi connectivity index (χ4n) is 1.84. The first-order valence-corrected chi connectivity index (χ1v) is 6.52. The highest BCUT2D eigenvalue weighted by molar-refractivity contribution is 6.39. The number of hydrogen-bond acceptors (Lipinski definition) is 1. The van der Waals surface area contributed by atoms with Gasteiger partial charge in [-0.05, 0) is 29.8 Å². The fraction of sp³-hybridized carbons (Fsp3) is 0.133. The highest BCUT2D eigenvalue weighted by Crippen LogP contribution is 2.34. The Hall–Kier alpha value is -1.51. The number of halogens is 2. The van der Waals surface area contributed by atoms with Crippen LogP contribution in [0.5, 0.6) is 0 Å². The van der Waals surface area contributed by atoms with Gasteiger partial charge in [-0.2, -0.15) is 0 Å². The van der Waals surface area contributed by atoms with Gasteiger partial charge in [-0.25, -0.2) is 0 Å². The molecule has 0 radical (unpaired) electrons. The molecule has 0 N–H and O–H groups in total. The molecule has 0 unspecified atom stereocenters. The predicted molar refractivity (Wildman–Crippen MR) is 79.9 cm³/mol. The summed E-state index contributed by atoms with van der Waals surface area (Å²) in [4.78, 5) is 13.5. The highest BCUT2D eigenvalue weighted by atomic mass is 35.5. The summed E-state index contributed by atoms with van der Waals surface area (Å²) in [6, 6.07) is 12.6. The van der Waals surface area contributed by atoms with E-state index in [1.54, 1.807) is 44.4 Å². The monoisotopic (exact) mass is 293 g/mol. The van der Waals surface area contributed by atoms with E-state index in [0.29, 0.717) is 15.6 Å². The SMILES string of the molecule is CN(C)C(=O)c1cccc(-c2c(Cl)cccc2Cl)c1. The Morgan fingerprint density at radius 1 is 1.00 bits per heavy atom. The van der Waals surface area contributed by atoms with Crippen molar-refractivity contribution in [2.45, 2.75) is 0 Å². The Morgan fingerprint density at radius 3 is 2.16 bits per heavy atom. The molecule has 1 amide bonds. The van der Waals surface area contributed by atoms with E-state index in [0.717, 1.165) is 11.1 Å². The summed E-state index contributed by atoms with van der Waals surface area (Å²) < 4.78 is 0. The van der Waals surface area contributed by atoms with Crippen LogP contribution in [0.4, 0.5) is 0 Å². The van der Waals surface area contributed by atoms with Gasteiger partial charge in [0.2, 0.25) is 0 Å². The second kappa shape index (κ2) is 5.64. The van der Waals surface area contributed by atoms with Gasteiger partial charge >= 0.3 is 0 Å². The smallest absolute Gasteiger partial charge is 0.253 e. The number of nitrogens with zero attached hydrogens (tertiary/aromatic N) is 1. The summed E-state index contributed by atoms with van der Waals surface area (Å²) in [7, 11) is 3.44. The summed E-state index contributed by atoms with van der Waals surface area (Å²) in [5, 5.41) is 1.14. The predicted octanol–water partition coefficient (Wildman–Crippen LogP) is 4.36. The van der Waals surface area contributed by atoms with E-state index in [1.165, 1.54) is 4.90 Å². The second-order valence-corrected chi connectivity index (χ2v) is 5.19. The Kier molecular flexibility index (Phi) is 4.13. The standard InChI is InChI=1S/C15H13Cl2NO/c1-18(2)15(19)11-6-3-5-10(9-11)14-12(16)7-4-8-13(14)17/h3-9H,1-2H3. The van der Waals surface area contributed by atoms with Gasteiger partial charge in [0.1, 0.15) is 0 Å². The maximum atomic E-state index is 12.0. The molecule has 0 atom stereocenters. The fourth-order valence-corrected chi connectivity index (χ4v) is 2.46. The molecular weight excluding hydrogens is 281 g/mol. The molecule has 2 aromatic carbocycles. The molecule has 2 nitrogen and oxygen atoms in total. The van der Waals surface area contributed by atoms with Gasteiger partial charge in [-0.3, -0.25) is 4.79 Å². The Morgan fingerprint density at radius 2 is 1.58 bits per heavy atom. The normalized spacial score (nSPS) is 10.3. The van der Waals surface area contributed by atoms with Crippen LogP contribution in [0.2, 0.25) is 10.0 Å². The lowest BCUT2D eigenvalue weighted by Gasteiger charge is -2.12. The van der Waals surface area contributed by atoms with E-state index < -0.39 is 0 Å². The first kappa shape index (κ1) is 13.9. The van der Waals surface area contributed by atoms with E-state index in [4.69, 9.17) is 23.2 Å². The van der Waals surface area contributed by atoms with Crippen LogP contribution in [0, 0.1) is 0 Å². The van der Waals surface area contributed by atoms with Crippen LogP contribution in [0.1, 0.15) is 10.4 Å². The minimum absolute atomic E-state index is 0.0509. The largest absolute Gasteiger partial charge is 0.345 e.